The van der Waals surface area contributed by atoms with Crippen molar-refractivity contribution in [3.05, 3.63) is 51.4 Å². The lowest BCUT2D eigenvalue weighted by Gasteiger charge is -2.06. The van der Waals surface area contributed by atoms with E-state index in [4.69, 9.17) is 16.7 Å². The van der Waals surface area contributed by atoms with E-state index in [1.54, 1.807) is 24.3 Å². The number of hydrogen-bond donors (Lipinski definition) is 2. The molecule has 2 aromatic rings. The standard InChI is InChI=1S/C13H10ClNO3S/c1-7-2-3-8(14)6-9(7)12(16)15-11-5-4-10(19-11)13(17)18/h2-6H,1H3,(H,15,16)(H,17,18). The third kappa shape index (κ3) is 3.13. The number of anilines is 1. The van der Waals surface area contributed by atoms with Crippen molar-refractivity contribution in [3.63, 3.8) is 0 Å². The Morgan fingerprint density at radius 3 is 2.63 bits per heavy atom. The Morgan fingerprint density at radius 2 is 2.00 bits per heavy atom. The first-order chi connectivity index (χ1) is 8.97. The van der Waals surface area contributed by atoms with Crippen LogP contribution in [0.2, 0.25) is 5.02 Å². The van der Waals surface area contributed by atoms with E-state index >= 15 is 0 Å². The number of benzene rings is 1. The molecule has 19 heavy (non-hydrogen) atoms. The quantitative estimate of drug-likeness (QED) is 0.908. The molecule has 0 aliphatic rings. The van der Waals surface area contributed by atoms with Gasteiger partial charge < -0.3 is 10.4 Å². The van der Waals surface area contributed by atoms with Gasteiger partial charge in [0.1, 0.15) is 4.88 Å². The summed E-state index contributed by atoms with van der Waals surface area (Å²) in [5, 5.41) is 12.4. The summed E-state index contributed by atoms with van der Waals surface area (Å²) in [7, 11) is 0. The molecule has 1 aromatic heterocycles. The Hall–Kier alpha value is -1.85. The Labute approximate surface area is 118 Å². The molecule has 0 radical (unpaired) electrons. The number of hydrogen-bond acceptors (Lipinski definition) is 3. The van der Waals surface area contributed by atoms with Gasteiger partial charge in [-0.1, -0.05) is 17.7 Å². The number of nitrogens with one attached hydrogen (secondary N) is 1. The SMILES string of the molecule is Cc1ccc(Cl)cc1C(=O)Nc1ccc(C(=O)O)s1. The summed E-state index contributed by atoms with van der Waals surface area (Å²) in [5.74, 6) is -1.32. The number of carboxylic acids is 1. The fraction of sp³-hybridized carbons (Fsp3) is 0.0769. The van der Waals surface area contributed by atoms with Gasteiger partial charge in [0.15, 0.2) is 0 Å². The molecule has 0 atom stereocenters. The number of halogens is 1. The van der Waals surface area contributed by atoms with Gasteiger partial charge in [-0.15, -0.1) is 11.3 Å². The van der Waals surface area contributed by atoms with Gasteiger partial charge in [-0.25, -0.2) is 4.79 Å². The first-order valence-electron chi connectivity index (χ1n) is 5.38. The lowest BCUT2D eigenvalue weighted by Crippen LogP contribution is -2.12. The summed E-state index contributed by atoms with van der Waals surface area (Å²) in [5.41, 5.74) is 1.27. The molecule has 1 amide bonds. The predicted molar refractivity (Wildman–Crippen MR) is 75.4 cm³/mol. The minimum Gasteiger partial charge on any atom is -0.477 e. The fourth-order valence-electron chi connectivity index (χ4n) is 1.54. The van der Waals surface area contributed by atoms with Gasteiger partial charge in [-0.2, -0.15) is 0 Å². The van der Waals surface area contributed by atoms with Crippen LogP contribution in [0.15, 0.2) is 30.3 Å². The summed E-state index contributed by atoms with van der Waals surface area (Å²) < 4.78 is 0. The first-order valence-corrected chi connectivity index (χ1v) is 6.57. The monoisotopic (exact) mass is 295 g/mol. The number of carbonyl (C=O) groups is 2. The summed E-state index contributed by atoms with van der Waals surface area (Å²) in [6.45, 7) is 1.81. The number of carbonyl (C=O) groups excluding carboxylic acids is 1. The van der Waals surface area contributed by atoms with Crippen molar-refractivity contribution < 1.29 is 14.7 Å². The van der Waals surface area contributed by atoms with Crippen molar-refractivity contribution in [2.45, 2.75) is 6.92 Å². The van der Waals surface area contributed by atoms with Crippen LogP contribution in [0.1, 0.15) is 25.6 Å². The van der Waals surface area contributed by atoms with E-state index in [1.807, 2.05) is 6.92 Å². The smallest absolute Gasteiger partial charge is 0.345 e. The van der Waals surface area contributed by atoms with Crippen molar-refractivity contribution in [3.8, 4) is 0 Å². The molecule has 0 aliphatic heterocycles. The van der Waals surface area contributed by atoms with E-state index in [9.17, 15) is 9.59 Å². The van der Waals surface area contributed by atoms with Gasteiger partial charge in [0.05, 0.1) is 5.00 Å². The predicted octanol–water partition coefficient (Wildman–Crippen LogP) is 3.66. The molecule has 0 unspecified atom stereocenters. The highest BCUT2D eigenvalue weighted by Crippen LogP contribution is 2.23. The number of carboxylic acid groups (broad SMARTS) is 1. The lowest BCUT2D eigenvalue weighted by molar-refractivity contribution is 0.0702. The van der Waals surface area contributed by atoms with Gasteiger partial charge in [-0.05, 0) is 36.8 Å². The van der Waals surface area contributed by atoms with Gasteiger partial charge in [0.2, 0.25) is 0 Å². The second-order valence-electron chi connectivity index (χ2n) is 3.88. The van der Waals surface area contributed by atoms with E-state index in [2.05, 4.69) is 5.32 Å². The van der Waals surface area contributed by atoms with Crippen LogP contribution in [-0.2, 0) is 0 Å². The number of rotatable bonds is 3. The molecule has 0 bridgehead atoms. The van der Waals surface area contributed by atoms with Crippen LogP contribution in [0.3, 0.4) is 0 Å². The molecule has 4 nitrogen and oxygen atoms in total. The average Bonchev–Trinajstić information content (AvgIpc) is 2.80. The summed E-state index contributed by atoms with van der Waals surface area (Å²) in [4.78, 5) is 23.0. The molecule has 0 spiro atoms. The van der Waals surface area contributed by atoms with Crippen LogP contribution in [0, 0.1) is 6.92 Å². The highest BCUT2D eigenvalue weighted by molar-refractivity contribution is 7.18. The van der Waals surface area contributed by atoms with Crippen LogP contribution in [0.4, 0.5) is 5.00 Å². The van der Waals surface area contributed by atoms with Gasteiger partial charge in [-0.3, -0.25) is 4.79 Å². The highest BCUT2D eigenvalue weighted by Gasteiger charge is 2.12. The fourth-order valence-corrected chi connectivity index (χ4v) is 2.45. The zero-order valence-corrected chi connectivity index (χ0v) is 11.5. The Morgan fingerprint density at radius 1 is 1.26 bits per heavy atom. The van der Waals surface area contributed by atoms with E-state index in [1.165, 1.54) is 6.07 Å². The normalized spacial score (nSPS) is 10.2. The van der Waals surface area contributed by atoms with Crippen molar-refractivity contribution in [2.75, 3.05) is 5.32 Å². The molecule has 98 valence electrons. The van der Waals surface area contributed by atoms with Crippen molar-refractivity contribution in [1.29, 1.82) is 0 Å². The van der Waals surface area contributed by atoms with Crippen LogP contribution < -0.4 is 5.32 Å². The number of amides is 1. The molecule has 0 fully saturated rings. The maximum atomic E-state index is 12.1. The molecule has 0 saturated carbocycles. The molecule has 0 aliphatic carbocycles. The van der Waals surface area contributed by atoms with E-state index < -0.39 is 5.97 Å². The number of thiophene rings is 1. The second kappa shape index (κ2) is 5.42. The van der Waals surface area contributed by atoms with Crippen LogP contribution in [-0.4, -0.2) is 17.0 Å². The summed E-state index contributed by atoms with van der Waals surface area (Å²) in [6, 6.07) is 8.06. The van der Waals surface area contributed by atoms with E-state index in [0.717, 1.165) is 16.9 Å². The third-order valence-electron chi connectivity index (χ3n) is 2.50. The van der Waals surface area contributed by atoms with Crippen LogP contribution in [0.5, 0.6) is 0 Å². The summed E-state index contributed by atoms with van der Waals surface area (Å²) in [6.07, 6.45) is 0. The molecular formula is C13H10ClNO3S. The van der Waals surface area contributed by atoms with Crippen LogP contribution in [0.25, 0.3) is 0 Å². The minimum atomic E-state index is -1.01. The Kier molecular flexibility index (Phi) is 3.87. The molecule has 6 heteroatoms. The van der Waals surface area contributed by atoms with E-state index in [0.29, 0.717) is 15.6 Å². The first kappa shape index (κ1) is 13.6. The van der Waals surface area contributed by atoms with Gasteiger partial charge >= 0.3 is 5.97 Å². The topological polar surface area (TPSA) is 66.4 Å². The number of aryl methyl sites for hydroxylation is 1. The van der Waals surface area contributed by atoms with Gasteiger partial charge in [0.25, 0.3) is 5.91 Å². The Bertz CT molecular complexity index is 651. The molecule has 1 heterocycles. The zero-order chi connectivity index (χ0) is 14.0. The minimum absolute atomic E-state index is 0.179. The molecule has 2 N–H and O–H groups in total. The van der Waals surface area contributed by atoms with Crippen molar-refractivity contribution >= 4 is 39.8 Å². The summed E-state index contributed by atoms with van der Waals surface area (Å²) >= 11 is 6.86. The van der Waals surface area contributed by atoms with Crippen molar-refractivity contribution in [1.82, 2.24) is 0 Å². The van der Waals surface area contributed by atoms with Crippen LogP contribution >= 0.6 is 22.9 Å². The second-order valence-corrected chi connectivity index (χ2v) is 5.40. The zero-order valence-electron chi connectivity index (χ0n) is 9.94. The third-order valence-corrected chi connectivity index (χ3v) is 3.72. The average molecular weight is 296 g/mol. The molecule has 2 rings (SSSR count). The Balaban J connectivity index is 2.20. The molecular weight excluding hydrogens is 286 g/mol. The molecule has 1 aromatic carbocycles. The number of aromatic carboxylic acids is 1. The maximum Gasteiger partial charge on any atom is 0.345 e. The van der Waals surface area contributed by atoms with Gasteiger partial charge in [0, 0.05) is 10.6 Å². The molecule has 0 saturated heterocycles. The van der Waals surface area contributed by atoms with E-state index in [-0.39, 0.29) is 10.8 Å². The lowest BCUT2D eigenvalue weighted by atomic mass is 10.1. The largest absolute Gasteiger partial charge is 0.477 e. The van der Waals surface area contributed by atoms with Crippen molar-refractivity contribution in [2.24, 2.45) is 0 Å². The maximum absolute atomic E-state index is 12.1. The highest BCUT2D eigenvalue weighted by atomic mass is 35.5.